The lowest BCUT2D eigenvalue weighted by atomic mass is 10.2. The highest BCUT2D eigenvalue weighted by atomic mass is 19.4. The number of benzene rings is 1. The van der Waals surface area contributed by atoms with Crippen molar-refractivity contribution in [3.8, 4) is 6.07 Å². The first-order valence-corrected chi connectivity index (χ1v) is 4.52. The normalized spacial score (nSPS) is 12.3. The SMILES string of the molecule is CC(CC#N)=Nc1cccc(C(F)(F)F)c1. The van der Waals surface area contributed by atoms with Crippen molar-refractivity contribution in [1.29, 1.82) is 5.26 Å². The fraction of sp³-hybridized carbons (Fsp3) is 0.273. The lowest BCUT2D eigenvalue weighted by Crippen LogP contribution is -2.03. The molecule has 0 bridgehead atoms. The molecule has 84 valence electrons. The van der Waals surface area contributed by atoms with Crippen LogP contribution in [0.4, 0.5) is 18.9 Å². The molecular formula is C11H9F3N2. The Bertz CT molecular complexity index is 441. The van der Waals surface area contributed by atoms with E-state index in [1.54, 1.807) is 6.92 Å². The molecule has 0 spiro atoms. The van der Waals surface area contributed by atoms with E-state index in [-0.39, 0.29) is 12.1 Å². The number of hydrogen-bond acceptors (Lipinski definition) is 2. The van der Waals surface area contributed by atoms with E-state index in [0.717, 1.165) is 12.1 Å². The van der Waals surface area contributed by atoms with Gasteiger partial charge in [0.05, 0.1) is 23.7 Å². The topological polar surface area (TPSA) is 36.1 Å². The molecule has 0 heterocycles. The van der Waals surface area contributed by atoms with E-state index >= 15 is 0 Å². The van der Waals surface area contributed by atoms with Crippen molar-refractivity contribution in [2.24, 2.45) is 4.99 Å². The third kappa shape index (κ3) is 3.39. The molecule has 0 saturated carbocycles. The van der Waals surface area contributed by atoms with Gasteiger partial charge in [-0.3, -0.25) is 4.99 Å². The predicted molar refractivity (Wildman–Crippen MR) is 54.4 cm³/mol. The lowest BCUT2D eigenvalue weighted by molar-refractivity contribution is -0.137. The first kappa shape index (κ1) is 12.2. The van der Waals surface area contributed by atoms with Gasteiger partial charge in [0.1, 0.15) is 0 Å². The van der Waals surface area contributed by atoms with Gasteiger partial charge >= 0.3 is 6.18 Å². The minimum atomic E-state index is -4.37. The Balaban J connectivity index is 3.01. The summed E-state index contributed by atoms with van der Waals surface area (Å²) in [4.78, 5) is 3.92. The molecular weight excluding hydrogens is 217 g/mol. The third-order valence-electron chi connectivity index (χ3n) is 1.83. The zero-order chi connectivity index (χ0) is 12.2. The van der Waals surface area contributed by atoms with E-state index in [1.165, 1.54) is 12.1 Å². The molecule has 1 rings (SSSR count). The van der Waals surface area contributed by atoms with Gasteiger partial charge in [-0.15, -0.1) is 0 Å². The third-order valence-corrected chi connectivity index (χ3v) is 1.83. The fourth-order valence-electron chi connectivity index (χ4n) is 1.13. The first-order valence-electron chi connectivity index (χ1n) is 4.52. The van der Waals surface area contributed by atoms with Crippen molar-refractivity contribution >= 4 is 11.4 Å². The molecule has 0 N–H and O–H groups in total. The van der Waals surface area contributed by atoms with Gasteiger partial charge in [-0.1, -0.05) is 6.07 Å². The largest absolute Gasteiger partial charge is 0.416 e. The van der Waals surface area contributed by atoms with Gasteiger partial charge in [0.15, 0.2) is 0 Å². The summed E-state index contributed by atoms with van der Waals surface area (Å²) in [5.74, 6) is 0. The summed E-state index contributed by atoms with van der Waals surface area (Å²) in [6.45, 7) is 1.60. The molecule has 0 radical (unpaired) electrons. The van der Waals surface area contributed by atoms with Crippen LogP contribution < -0.4 is 0 Å². The standard InChI is InChI=1S/C11H9F3N2/c1-8(5-6-15)16-10-4-2-3-9(7-10)11(12,13)14/h2-4,7H,5H2,1H3. The van der Waals surface area contributed by atoms with Crippen molar-refractivity contribution in [3.63, 3.8) is 0 Å². The second-order valence-corrected chi connectivity index (χ2v) is 3.23. The molecule has 5 heteroatoms. The summed E-state index contributed by atoms with van der Waals surface area (Å²) in [7, 11) is 0. The number of rotatable bonds is 2. The lowest BCUT2D eigenvalue weighted by Gasteiger charge is -2.06. The molecule has 0 unspecified atom stereocenters. The van der Waals surface area contributed by atoms with Crippen LogP contribution in [0, 0.1) is 11.3 Å². The van der Waals surface area contributed by atoms with Crippen molar-refractivity contribution in [3.05, 3.63) is 29.8 Å². The maximum Gasteiger partial charge on any atom is 0.416 e. The van der Waals surface area contributed by atoms with E-state index in [4.69, 9.17) is 5.26 Å². The predicted octanol–water partition coefficient (Wildman–Crippen LogP) is 3.71. The highest BCUT2D eigenvalue weighted by Crippen LogP contribution is 2.31. The summed E-state index contributed by atoms with van der Waals surface area (Å²) < 4.78 is 37.1. The van der Waals surface area contributed by atoms with Crippen LogP contribution in [0.1, 0.15) is 18.9 Å². The van der Waals surface area contributed by atoms with Crippen molar-refractivity contribution < 1.29 is 13.2 Å². The minimum absolute atomic E-state index is 0.107. The van der Waals surface area contributed by atoms with Gasteiger partial charge in [-0.2, -0.15) is 18.4 Å². The van der Waals surface area contributed by atoms with Crippen LogP contribution in [0.2, 0.25) is 0 Å². The number of aliphatic imine (C=N–C) groups is 1. The van der Waals surface area contributed by atoms with Gasteiger partial charge in [-0.25, -0.2) is 0 Å². The minimum Gasteiger partial charge on any atom is -0.257 e. The Morgan fingerprint density at radius 3 is 2.69 bits per heavy atom. The molecule has 2 nitrogen and oxygen atoms in total. The number of alkyl halides is 3. The smallest absolute Gasteiger partial charge is 0.257 e. The van der Waals surface area contributed by atoms with Gasteiger partial charge in [0.2, 0.25) is 0 Å². The Hall–Kier alpha value is -1.83. The molecule has 0 aromatic heterocycles. The maximum atomic E-state index is 12.4. The summed E-state index contributed by atoms with van der Waals surface area (Å²) in [5.41, 5.74) is -0.0390. The van der Waals surface area contributed by atoms with Gasteiger partial charge in [0.25, 0.3) is 0 Å². The Morgan fingerprint density at radius 2 is 2.12 bits per heavy atom. The van der Waals surface area contributed by atoms with E-state index in [2.05, 4.69) is 4.99 Å². The van der Waals surface area contributed by atoms with E-state index in [9.17, 15) is 13.2 Å². The molecule has 1 aromatic carbocycles. The van der Waals surface area contributed by atoms with Crippen LogP contribution >= 0.6 is 0 Å². The maximum absolute atomic E-state index is 12.4. The first-order chi connectivity index (χ1) is 7.43. The summed E-state index contributed by atoms with van der Waals surface area (Å²) in [6.07, 6.45) is -4.26. The molecule has 0 fully saturated rings. The monoisotopic (exact) mass is 226 g/mol. The van der Waals surface area contributed by atoms with Gasteiger partial charge in [-0.05, 0) is 25.1 Å². The molecule has 16 heavy (non-hydrogen) atoms. The Morgan fingerprint density at radius 1 is 1.44 bits per heavy atom. The Kier molecular flexibility index (Phi) is 3.67. The molecule has 0 aliphatic carbocycles. The van der Waals surface area contributed by atoms with Crippen LogP contribution in [0.3, 0.4) is 0 Å². The van der Waals surface area contributed by atoms with Crippen LogP contribution in [0.25, 0.3) is 0 Å². The molecule has 0 aliphatic rings. The van der Waals surface area contributed by atoms with Crippen LogP contribution in [0.5, 0.6) is 0 Å². The van der Waals surface area contributed by atoms with Crippen molar-refractivity contribution in [2.45, 2.75) is 19.5 Å². The van der Waals surface area contributed by atoms with Crippen LogP contribution in [-0.4, -0.2) is 5.71 Å². The number of nitrogens with zero attached hydrogens (tertiary/aromatic N) is 2. The summed E-state index contributed by atoms with van der Waals surface area (Å²) in [6, 6.07) is 6.58. The molecule has 0 saturated heterocycles. The quantitative estimate of drug-likeness (QED) is 0.708. The average molecular weight is 226 g/mol. The summed E-state index contributed by atoms with van der Waals surface area (Å²) >= 11 is 0. The molecule has 0 atom stereocenters. The van der Waals surface area contributed by atoms with Crippen molar-refractivity contribution in [1.82, 2.24) is 0 Å². The highest BCUT2D eigenvalue weighted by molar-refractivity contribution is 5.86. The molecule has 0 aliphatic heterocycles. The van der Waals surface area contributed by atoms with Gasteiger partial charge in [0, 0.05) is 5.71 Å². The van der Waals surface area contributed by atoms with Crippen LogP contribution in [0.15, 0.2) is 29.3 Å². The second-order valence-electron chi connectivity index (χ2n) is 3.23. The average Bonchev–Trinajstić information content (AvgIpc) is 2.17. The molecule has 0 amide bonds. The van der Waals surface area contributed by atoms with E-state index in [1.807, 2.05) is 6.07 Å². The fourth-order valence-corrected chi connectivity index (χ4v) is 1.13. The summed E-state index contributed by atoms with van der Waals surface area (Å²) in [5, 5.41) is 8.39. The number of hydrogen-bond donors (Lipinski definition) is 0. The van der Waals surface area contributed by atoms with E-state index in [0.29, 0.717) is 5.71 Å². The Labute approximate surface area is 91.0 Å². The zero-order valence-electron chi connectivity index (χ0n) is 8.54. The van der Waals surface area contributed by atoms with Gasteiger partial charge < -0.3 is 0 Å². The number of halogens is 3. The van der Waals surface area contributed by atoms with Crippen molar-refractivity contribution in [2.75, 3.05) is 0 Å². The second kappa shape index (κ2) is 4.79. The van der Waals surface area contributed by atoms with E-state index < -0.39 is 11.7 Å². The number of nitriles is 1. The highest BCUT2D eigenvalue weighted by Gasteiger charge is 2.30. The van der Waals surface area contributed by atoms with Crippen LogP contribution in [-0.2, 0) is 6.18 Å². The molecule has 1 aromatic rings. The zero-order valence-corrected chi connectivity index (χ0v) is 8.54.